The predicted molar refractivity (Wildman–Crippen MR) is 98.1 cm³/mol. The fourth-order valence-corrected chi connectivity index (χ4v) is 4.43. The van der Waals surface area contributed by atoms with Gasteiger partial charge in [0.1, 0.15) is 0 Å². The number of aryl methyl sites for hydroxylation is 4. The summed E-state index contributed by atoms with van der Waals surface area (Å²) in [6.07, 6.45) is 6.54. The average molecular weight is 360 g/mol. The monoisotopic (exact) mass is 360 g/mol. The summed E-state index contributed by atoms with van der Waals surface area (Å²) < 4.78 is 0. The van der Waals surface area contributed by atoms with E-state index in [0.717, 1.165) is 35.5 Å². The third-order valence-corrected chi connectivity index (χ3v) is 5.82. The van der Waals surface area contributed by atoms with E-state index in [2.05, 4.69) is 15.3 Å². The Labute approximate surface area is 151 Å². The summed E-state index contributed by atoms with van der Waals surface area (Å²) in [5.74, 6) is 0.0197. The smallest absolute Gasteiger partial charge is 0.345 e. The Hall–Kier alpha value is -2.02. The maximum absolute atomic E-state index is 12.1. The number of hydrogen-bond donors (Lipinski definition) is 2. The molecule has 6 nitrogen and oxygen atoms in total. The Morgan fingerprint density at radius 3 is 2.76 bits per heavy atom. The van der Waals surface area contributed by atoms with E-state index in [-0.39, 0.29) is 11.6 Å². The van der Waals surface area contributed by atoms with Crippen LogP contribution in [-0.4, -0.2) is 27.4 Å². The van der Waals surface area contributed by atoms with Crippen molar-refractivity contribution in [3.8, 4) is 0 Å². The molecule has 2 aromatic heterocycles. The van der Waals surface area contributed by atoms with E-state index in [9.17, 15) is 9.59 Å². The predicted octanol–water partition coefficient (Wildman–Crippen LogP) is 2.01. The van der Waals surface area contributed by atoms with Crippen LogP contribution in [0.15, 0.2) is 4.79 Å². The van der Waals surface area contributed by atoms with Gasteiger partial charge in [-0.3, -0.25) is 4.79 Å². The number of hydrogen-bond acceptors (Lipinski definition) is 5. The molecule has 0 aromatic carbocycles. The van der Waals surface area contributed by atoms with E-state index in [1.54, 1.807) is 18.3 Å². The first kappa shape index (κ1) is 17.8. The minimum absolute atomic E-state index is 0.0197. The Kier molecular flexibility index (Phi) is 5.63. The van der Waals surface area contributed by atoms with Gasteiger partial charge in [-0.15, -0.1) is 11.3 Å². The topological polar surface area (TPSA) is 87.7 Å². The molecule has 0 bridgehead atoms. The fourth-order valence-electron chi connectivity index (χ4n) is 3.27. The molecular weight excluding hydrogens is 336 g/mol. The summed E-state index contributed by atoms with van der Waals surface area (Å²) in [7, 11) is 0. The van der Waals surface area contributed by atoms with Gasteiger partial charge in [-0.05, 0) is 51.5 Å². The lowest BCUT2D eigenvalue weighted by Crippen LogP contribution is -2.26. The first-order valence-electron chi connectivity index (χ1n) is 8.83. The van der Waals surface area contributed by atoms with Crippen LogP contribution in [0.2, 0.25) is 0 Å². The zero-order valence-electron chi connectivity index (χ0n) is 14.8. The highest BCUT2D eigenvalue weighted by molar-refractivity contribution is 7.11. The maximum atomic E-state index is 12.1. The van der Waals surface area contributed by atoms with Crippen LogP contribution >= 0.6 is 11.3 Å². The average Bonchev–Trinajstić information content (AvgIpc) is 2.96. The number of nitrogens with zero attached hydrogens (tertiary/aromatic N) is 2. The van der Waals surface area contributed by atoms with Crippen LogP contribution in [0.5, 0.6) is 0 Å². The highest BCUT2D eigenvalue weighted by Gasteiger charge is 2.15. The van der Waals surface area contributed by atoms with Crippen molar-refractivity contribution in [2.75, 3.05) is 6.54 Å². The third-order valence-electron chi connectivity index (χ3n) is 4.61. The summed E-state index contributed by atoms with van der Waals surface area (Å²) in [5, 5.41) is 4.10. The minimum atomic E-state index is -0.339. The van der Waals surface area contributed by atoms with Crippen molar-refractivity contribution in [3.63, 3.8) is 0 Å². The van der Waals surface area contributed by atoms with Crippen molar-refractivity contribution in [3.05, 3.63) is 43.0 Å². The van der Waals surface area contributed by atoms with E-state index in [1.807, 2.05) is 6.92 Å². The number of aromatic amines is 1. The van der Waals surface area contributed by atoms with Crippen LogP contribution in [0.1, 0.15) is 51.8 Å². The van der Waals surface area contributed by atoms with Gasteiger partial charge in [-0.1, -0.05) is 0 Å². The van der Waals surface area contributed by atoms with E-state index < -0.39 is 0 Å². The number of nitrogens with one attached hydrogen (secondary N) is 2. The van der Waals surface area contributed by atoms with Gasteiger partial charge in [0.25, 0.3) is 0 Å². The van der Waals surface area contributed by atoms with Crippen molar-refractivity contribution in [2.24, 2.45) is 0 Å². The number of H-pyrrole nitrogens is 1. The second-order valence-corrected chi connectivity index (χ2v) is 7.68. The standard InChI is InChI=1S/C18H24N4O2S/c1-11-13(12(2)21-18(24)20-11)7-8-16(23)19-10-9-17-22-14-5-3-4-6-15(14)25-17/h3-10H2,1-2H3,(H,19,23)(H,20,21,24). The number of rotatable bonds is 6. The van der Waals surface area contributed by atoms with Gasteiger partial charge in [0.05, 0.1) is 10.7 Å². The van der Waals surface area contributed by atoms with Gasteiger partial charge >= 0.3 is 5.69 Å². The SMILES string of the molecule is Cc1nc(=O)[nH]c(C)c1CCC(=O)NCCc1nc2c(s1)CCCC2. The molecule has 0 spiro atoms. The Morgan fingerprint density at radius 2 is 2.00 bits per heavy atom. The molecular formula is C18H24N4O2S. The molecule has 0 fully saturated rings. The number of thiazole rings is 1. The van der Waals surface area contributed by atoms with Gasteiger partial charge in [-0.25, -0.2) is 9.78 Å². The van der Waals surface area contributed by atoms with Crippen molar-refractivity contribution in [2.45, 2.75) is 58.8 Å². The van der Waals surface area contributed by atoms with Gasteiger partial charge in [0.15, 0.2) is 0 Å². The van der Waals surface area contributed by atoms with Crippen LogP contribution in [-0.2, 0) is 30.5 Å². The molecule has 2 N–H and O–H groups in total. The third kappa shape index (κ3) is 4.54. The molecule has 1 aliphatic carbocycles. The molecule has 7 heteroatoms. The van der Waals surface area contributed by atoms with Gasteiger partial charge in [0, 0.05) is 35.7 Å². The molecule has 2 heterocycles. The number of aromatic nitrogens is 3. The molecule has 2 aromatic rings. The number of carbonyl (C=O) groups excluding carboxylic acids is 1. The highest BCUT2D eigenvalue weighted by Crippen LogP contribution is 2.26. The summed E-state index contributed by atoms with van der Waals surface area (Å²) in [6, 6.07) is 0. The lowest BCUT2D eigenvalue weighted by Gasteiger charge is -2.08. The minimum Gasteiger partial charge on any atom is -0.356 e. The molecule has 1 aliphatic rings. The zero-order valence-corrected chi connectivity index (χ0v) is 15.6. The van der Waals surface area contributed by atoms with Crippen molar-refractivity contribution in [1.82, 2.24) is 20.3 Å². The lowest BCUT2D eigenvalue weighted by atomic mass is 10.0. The van der Waals surface area contributed by atoms with Crippen LogP contribution < -0.4 is 11.0 Å². The summed E-state index contributed by atoms with van der Waals surface area (Å²) in [6.45, 7) is 4.26. The van der Waals surface area contributed by atoms with E-state index in [0.29, 0.717) is 25.1 Å². The van der Waals surface area contributed by atoms with Crippen LogP contribution in [0.3, 0.4) is 0 Å². The molecule has 0 saturated heterocycles. The molecule has 0 saturated carbocycles. The van der Waals surface area contributed by atoms with E-state index in [4.69, 9.17) is 4.98 Å². The van der Waals surface area contributed by atoms with E-state index >= 15 is 0 Å². The largest absolute Gasteiger partial charge is 0.356 e. The molecule has 0 radical (unpaired) electrons. The summed E-state index contributed by atoms with van der Waals surface area (Å²) in [4.78, 5) is 36.1. The molecule has 0 unspecified atom stereocenters. The number of fused-ring (bicyclic) bond motifs is 1. The number of amides is 1. The molecule has 3 rings (SSSR count). The van der Waals surface area contributed by atoms with Crippen LogP contribution in [0.25, 0.3) is 0 Å². The molecule has 25 heavy (non-hydrogen) atoms. The van der Waals surface area contributed by atoms with E-state index in [1.165, 1.54) is 23.4 Å². The van der Waals surface area contributed by atoms with Gasteiger partial charge < -0.3 is 10.3 Å². The molecule has 134 valence electrons. The van der Waals surface area contributed by atoms with Crippen molar-refractivity contribution >= 4 is 17.2 Å². The zero-order chi connectivity index (χ0) is 17.8. The Bertz CT molecular complexity index is 775. The molecule has 1 amide bonds. The summed E-state index contributed by atoms with van der Waals surface area (Å²) >= 11 is 1.80. The second-order valence-electron chi connectivity index (χ2n) is 6.52. The van der Waals surface area contributed by atoms with Crippen molar-refractivity contribution < 1.29 is 4.79 Å². The quantitative estimate of drug-likeness (QED) is 0.825. The molecule has 0 atom stereocenters. The normalized spacial score (nSPS) is 13.5. The highest BCUT2D eigenvalue weighted by atomic mass is 32.1. The fraction of sp³-hybridized carbons (Fsp3) is 0.556. The van der Waals surface area contributed by atoms with Crippen LogP contribution in [0.4, 0.5) is 0 Å². The number of carbonyl (C=O) groups is 1. The first-order valence-corrected chi connectivity index (χ1v) is 9.65. The van der Waals surface area contributed by atoms with Crippen molar-refractivity contribution in [1.29, 1.82) is 0 Å². The van der Waals surface area contributed by atoms with Crippen LogP contribution in [0, 0.1) is 13.8 Å². The van der Waals surface area contributed by atoms with Gasteiger partial charge in [0.2, 0.25) is 5.91 Å². The Morgan fingerprint density at radius 1 is 1.20 bits per heavy atom. The first-order chi connectivity index (χ1) is 12.0. The van der Waals surface area contributed by atoms with Gasteiger partial charge in [-0.2, -0.15) is 4.98 Å². The lowest BCUT2D eigenvalue weighted by molar-refractivity contribution is -0.121. The second kappa shape index (κ2) is 7.91. The summed E-state index contributed by atoms with van der Waals surface area (Å²) in [5.41, 5.74) is 3.37. The molecule has 0 aliphatic heterocycles. The Balaban J connectivity index is 1.45. The maximum Gasteiger partial charge on any atom is 0.345 e.